The summed E-state index contributed by atoms with van der Waals surface area (Å²) < 4.78 is 29.8. The predicted octanol–water partition coefficient (Wildman–Crippen LogP) is 8.81. The van der Waals surface area contributed by atoms with Crippen molar-refractivity contribution < 1.29 is 32.4 Å². The summed E-state index contributed by atoms with van der Waals surface area (Å²) in [7, 11) is -4.16. The van der Waals surface area contributed by atoms with Crippen molar-refractivity contribution in [3.05, 3.63) is 124 Å². The predicted molar refractivity (Wildman–Crippen MR) is 323 cm³/mol. The SMILES string of the molecule is Cc1cc(S(=O)(=O)NC(=O)c2ccc(N3CCN(CC4=C(C56CC(C)(C5)C6)CC(C)(C)CC4)CC3)cc2)ccc1N[C@H](CCN1CCN(CCCCNc2cccc3c2C(=O)N(C2CCC(=O)NC2=O)C3=O)CC1)CSc1ccccc1. The third-order valence-electron chi connectivity index (χ3n) is 18.6. The maximum atomic E-state index is 13.7. The minimum absolute atomic E-state index is 0.0367. The van der Waals surface area contributed by atoms with Crippen molar-refractivity contribution >= 4 is 68.4 Å². The molecule has 0 spiro atoms. The highest BCUT2D eigenvalue weighted by molar-refractivity contribution is 7.99. The zero-order chi connectivity index (χ0) is 57.4. The van der Waals surface area contributed by atoms with Gasteiger partial charge in [0.05, 0.1) is 16.0 Å². The number of piperazine rings is 2. The number of rotatable bonds is 22. The van der Waals surface area contributed by atoms with Crippen molar-refractivity contribution in [3.8, 4) is 0 Å². The van der Waals surface area contributed by atoms with Crippen LogP contribution in [0.15, 0.2) is 112 Å². The number of sulfonamides is 1. The second-order valence-corrected chi connectivity index (χ2v) is 28.3. The van der Waals surface area contributed by atoms with E-state index in [4.69, 9.17) is 0 Å². The van der Waals surface area contributed by atoms with Crippen LogP contribution in [0.1, 0.15) is 128 Å². The molecule has 5 amide bonds. The lowest BCUT2D eigenvalue weighted by Gasteiger charge is -2.72. The van der Waals surface area contributed by atoms with Crippen LogP contribution in [0.5, 0.6) is 0 Å². The molecule has 2 bridgehead atoms. The summed E-state index contributed by atoms with van der Waals surface area (Å²) in [5.74, 6) is -1.90. The summed E-state index contributed by atoms with van der Waals surface area (Å²) in [6.07, 6.45) is 10.8. The van der Waals surface area contributed by atoms with Gasteiger partial charge in [0, 0.05) is 118 Å². The van der Waals surface area contributed by atoms with E-state index in [1.807, 2.05) is 48.9 Å². The first-order chi connectivity index (χ1) is 39.3. The zero-order valence-corrected chi connectivity index (χ0v) is 49.8. The quantitative estimate of drug-likeness (QED) is 0.0253. The van der Waals surface area contributed by atoms with E-state index < -0.39 is 45.6 Å². The highest BCUT2D eigenvalue weighted by Gasteiger charge is 2.67. The van der Waals surface area contributed by atoms with Crippen LogP contribution in [0, 0.1) is 23.2 Å². The molecule has 4 N–H and O–H groups in total. The molecule has 82 heavy (non-hydrogen) atoms. The number of carbonyl (C=O) groups excluding carboxylic acids is 5. The first kappa shape index (κ1) is 57.8. The summed E-state index contributed by atoms with van der Waals surface area (Å²) in [6, 6.07) is 26.9. The Labute approximate surface area is 488 Å². The summed E-state index contributed by atoms with van der Waals surface area (Å²) in [5.41, 5.74) is 9.09. The summed E-state index contributed by atoms with van der Waals surface area (Å²) in [5, 5.41) is 9.36. The number of nitrogens with zero attached hydrogens (tertiary/aromatic N) is 5. The standard InChI is InChI=1S/C64H81N9O7S2/c1-44-37-50(82(79,80)68-58(75)45-15-17-48(18-16-45)72-35-33-71(34-36-72)39-46-23-25-62(2,3)38-52(46)64-41-63(4,42-64)43-64)19-20-53(44)66-47(40-81-49-11-6-5-7-12-49)24-28-70-31-29-69(30-32-70)27-9-8-26-65-54-14-10-13-51-57(54)61(78)73(60(51)77)55-21-22-56(74)67-59(55)76/h5-7,10-20,37,47,55,65-66H,8-9,21-36,38-43H2,1-4H3,(H,68,75)(H,67,74,76)/t47-,55?,63?,64?/m1/s1. The first-order valence-corrected chi connectivity index (χ1v) is 32.2. The minimum Gasteiger partial charge on any atom is -0.384 e. The average Bonchev–Trinajstić information content (AvgIpc) is 0.991. The van der Waals surface area contributed by atoms with Crippen molar-refractivity contribution in [1.82, 2.24) is 29.6 Å². The van der Waals surface area contributed by atoms with Crippen LogP contribution in [0.2, 0.25) is 0 Å². The highest BCUT2D eigenvalue weighted by Crippen LogP contribution is 2.77. The molecule has 4 aromatic rings. The van der Waals surface area contributed by atoms with E-state index in [0.717, 1.165) is 119 Å². The van der Waals surface area contributed by atoms with Crippen LogP contribution in [-0.4, -0.2) is 154 Å². The number of benzene rings is 4. The fourth-order valence-electron chi connectivity index (χ4n) is 14.2. The normalized spacial score (nSPS) is 24.4. The van der Waals surface area contributed by atoms with Gasteiger partial charge >= 0.3 is 0 Å². The Morgan fingerprint density at radius 3 is 2.17 bits per heavy atom. The van der Waals surface area contributed by atoms with Gasteiger partial charge in [0.1, 0.15) is 6.04 Å². The number of unbranched alkanes of at least 4 members (excludes halogenated alkanes) is 1. The number of nitrogens with one attached hydrogen (secondary N) is 4. The van der Waals surface area contributed by atoms with E-state index in [1.165, 1.54) is 43.4 Å². The van der Waals surface area contributed by atoms with Crippen LogP contribution in [0.25, 0.3) is 0 Å². The Kier molecular flexibility index (Phi) is 16.8. The minimum atomic E-state index is -4.16. The molecule has 18 heteroatoms. The number of aryl methyl sites for hydroxylation is 1. The lowest BCUT2D eigenvalue weighted by atomic mass is 9.33. The monoisotopic (exact) mass is 1150 g/mol. The molecular weight excluding hydrogens is 1070 g/mol. The molecule has 8 aliphatic rings. The van der Waals surface area contributed by atoms with Gasteiger partial charge in [-0.15, -0.1) is 11.8 Å². The van der Waals surface area contributed by atoms with Gasteiger partial charge in [0.2, 0.25) is 11.8 Å². The number of carbonyl (C=O) groups is 5. The first-order valence-electron chi connectivity index (χ1n) is 29.8. The number of thioether (sulfide) groups is 1. The fourth-order valence-corrected chi connectivity index (χ4v) is 16.3. The maximum Gasteiger partial charge on any atom is 0.264 e. The topological polar surface area (TPSA) is 184 Å². The van der Waals surface area contributed by atoms with Crippen molar-refractivity contribution in [2.45, 2.75) is 120 Å². The zero-order valence-electron chi connectivity index (χ0n) is 48.2. The maximum absolute atomic E-state index is 13.7. The third kappa shape index (κ3) is 12.7. The molecule has 3 saturated carbocycles. The Morgan fingerprint density at radius 1 is 0.768 bits per heavy atom. The number of fused-ring (bicyclic) bond motifs is 1. The van der Waals surface area contributed by atoms with Crippen LogP contribution < -0.4 is 25.6 Å². The molecule has 6 fully saturated rings. The number of allylic oxidation sites excluding steroid dienone is 1. The second kappa shape index (κ2) is 23.9. The molecule has 436 valence electrons. The molecule has 1 unspecified atom stereocenters. The average molecular weight is 1150 g/mol. The Bertz CT molecular complexity index is 3200. The number of piperidine rings is 1. The van der Waals surface area contributed by atoms with Crippen molar-refractivity contribution in [3.63, 3.8) is 0 Å². The molecule has 12 rings (SSSR count). The van der Waals surface area contributed by atoms with Gasteiger partial charge in [0.25, 0.3) is 27.7 Å². The second-order valence-electron chi connectivity index (χ2n) is 25.5. The molecule has 2 atom stereocenters. The van der Waals surface area contributed by atoms with E-state index in [9.17, 15) is 32.4 Å². The Hall–Kier alpha value is -6.05. The molecule has 4 aliphatic carbocycles. The highest BCUT2D eigenvalue weighted by atomic mass is 32.2. The van der Waals surface area contributed by atoms with E-state index in [-0.39, 0.29) is 34.9 Å². The van der Waals surface area contributed by atoms with E-state index in [2.05, 4.69) is 73.2 Å². The van der Waals surface area contributed by atoms with Gasteiger partial charge in [-0.1, -0.05) is 56.2 Å². The van der Waals surface area contributed by atoms with E-state index in [1.54, 1.807) is 59.8 Å². The third-order valence-corrected chi connectivity index (χ3v) is 21.1. The Balaban J connectivity index is 0.625. The van der Waals surface area contributed by atoms with Gasteiger partial charge in [-0.05, 0) is 166 Å². The lowest BCUT2D eigenvalue weighted by Crippen LogP contribution is -2.61. The largest absolute Gasteiger partial charge is 0.384 e. The van der Waals surface area contributed by atoms with Crippen molar-refractivity contribution in [2.24, 2.45) is 16.2 Å². The van der Waals surface area contributed by atoms with Crippen LogP contribution in [-0.2, 0) is 19.6 Å². The smallest absolute Gasteiger partial charge is 0.264 e. The number of hydrogen-bond acceptors (Lipinski definition) is 14. The molecule has 3 saturated heterocycles. The van der Waals surface area contributed by atoms with Gasteiger partial charge in [-0.3, -0.25) is 39.1 Å². The lowest BCUT2D eigenvalue weighted by molar-refractivity contribution is -0.167. The number of amides is 5. The van der Waals surface area contributed by atoms with Crippen molar-refractivity contribution in [1.29, 1.82) is 0 Å². The summed E-state index contributed by atoms with van der Waals surface area (Å²) in [4.78, 5) is 76.7. The van der Waals surface area contributed by atoms with E-state index in [0.29, 0.717) is 34.0 Å². The number of hydrogen-bond donors (Lipinski definition) is 4. The molecule has 0 radical (unpaired) electrons. The van der Waals surface area contributed by atoms with Gasteiger partial charge < -0.3 is 25.3 Å². The van der Waals surface area contributed by atoms with Gasteiger partial charge in [-0.2, -0.15) is 0 Å². The van der Waals surface area contributed by atoms with E-state index >= 15 is 0 Å². The van der Waals surface area contributed by atoms with Crippen LogP contribution >= 0.6 is 11.8 Å². The number of anilines is 3. The molecule has 4 aromatic carbocycles. The van der Waals surface area contributed by atoms with Crippen LogP contribution in [0.4, 0.5) is 17.1 Å². The molecular formula is C64H81N9O7S2. The molecule has 4 heterocycles. The molecule has 16 nitrogen and oxygen atoms in total. The van der Waals surface area contributed by atoms with Gasteiger partial charge in [-0.25, -0.2) is 13.1 Å². The molecule has 0 aromatic heterocycles. The Morgan fingerprint density at radius 2 is 1.48 bits per heavy atom. The van der Waals surface area contributed by atoms with Crippen LogP contribution in [0.3, 0.4) is 0 Å². The van der Waals surface area contributed by atoms with Gasteiger partial charge in [0.15, 0.2) is 0 Å². The fraction of sp³-hybridized carbons (Fsp3) is 0.516. The molecule has 4 aliphatic heterocycles. The van der Waals surface area contributed by atoms with Crippen molar-refractivity contribution in [2.75, 3.05) is 99.8 Å². The summed E-state index contributed by atoms with van der Waals surface area (Å²) in [6.45, 7) is 20.4. The number of imide groups is 2. The summed E-state index contributed by atoms with van der Waals surface area (Å²) >= 11 is 1.79.